The molecule has 0 aromatic carbocycles. The first kappa shape index (κ1) is 16.2. The highest BCUT2D eigenvalue weighted by Crippen LogP contribution is 2.37. The maximum absolute atomic E-state index is 6.21. The smallest absolute Gasteiger partial charge is 0.236 e. The number of hydrogen-bond donors (Lipinski definition) is 1. The van der Waals surface area contributed by atoms with Gasteiger partial charge in [-0.25, -0.2) is 4.98 Å². The molecule has 0 saturated heterocycles. The van der Waals surface area contributed by atoms with Crippen LogP contribution in [0.4, 0.5) is 0 Å². The summed E-state index contributed by atoms with van der Waals surface area (Å²) in [4.78, 5) is 9.98. The molecule has 0 atom stereocenters. The first-order valence-corrected chi connectivity index (χ1v) is 8.14. The van der Waals surface area contributed by atoms with Crippen molar-refractivity contribution in [3.8, 4) is 10.8 Å². The van der Waals surface area contributed by atoms with Crippen LogP contribution < -0.4 is 5.73 Å². The predicted octanol–water partition coefficient (Wildman–Crippen LogP) is 3.45. The second kappa shape index (κ2) is 6.07. The van der Waals surface area contributed by atoms with Gasteiger partial charge < -0.3 is 14.7 Å². The van der Waals surface area contributed by atoms with Gasteiger partial charge in [-0.3, -0.25) is 0 Å². The Bertz CT molecular complexity index is 792. The summed E-state index contributed by atoms with van der Waals surface area (Å²) >= 11 is 1.60. The van der Waals surface area contributed by atoms with Crippen molar-refractivity contribution in [1.82, 2.24) is 15.1 Å². The van der Waals surface area contributed by atoms with E-state index in [1.165, 1.54) is 0 Å². The van der Waals surface area contributed by atoms with Gasteiger partial charge in [0.2, 0.25) is 11.8 Å². The fourth-order valence-corrected chi connectivity index (χ4v) is 3.20. The van der Waals surface area contributed by atoms with Gasteiger partial charge in [-0.2, -0.15) is 4.98 Å². The molecule has 6 nitrogen and oxygen atoms in total. The monoisotopic (exact) mass is 352 g/mol. The second-order valence-electron chi connectivity index (χ2n) is 5.70. The number of oxazole rings is 1. The lowest BCUT2D eigenvalue weighted by atomic mass is 9.77. The lowest BCUT2D eigenvalue weighted by Crippen LogP contribution is -2.44. The van der Waals surface area contributed by atoms with Gasteiger partial charge in [0.1, 0.15) is 5.76 Å². The summed E-state index contributed by atoms with van der Waals surface area (Å²) in [5.41, 5.74) is 6.63. The Morgan fingerprint density at radius 1 is 1.35 bits per heavy atom. The predicted molar refractivity (Wildman–Crippen MR) is 88.6 cm³/mol. The second-order valence-corrected chi connectivity index (χ2v) is 6.65. The summed E-state index contributed by atoms with van der Waals surface area (Å²) in [5.74, 6) is 2.54. The van der Waals surface area contributed by atoms with Crippen LogP contribution in [-0.4, -0.2) is 15.1 Å². The molecule has 0 spiro atoms. The van der Waals surface area contributed by atoms with E-state index in [0.717, 1.165) is 35.6 Å². The van der Waals surface area contributed by atoms with Crippen LogP contribution in [0.25, 0.3) is 10.8 Å². The fraction of sp³-hybridized carbons (Fsp3) is 0.400. The maximum Gasteiger partial charge on any atom is 0.236 e. The van der Waals surface area contributed by atoms with Crippen molar-refractivity contribution in [3.63, 3.8) is 0 Å². The highest BCUT2D eigenvalue weighted by molar-refractivity contribution is 7.13. The van der Waals surface area contributed by atoms with Crippen LogP contribution in [0.2, 0.25) is 0 Å². The lowest BCUT2D eigenvalue weighted by Gasteiger charge is -2.34. The number of aromatic nitrogens is 3. The molecule has 8 heteroatoms. The summed E-state index contributed by atoms with van der Waals surface area (Å²) in [7, 11) is 0. The van der Waals surface area contributed by atoms with Gasteiger partial charge in [-0.05, 0) is 37.6 Å². The molecular weight excluding hydrogens is 336 g/mol. The van der Waals surface area contributed by atoms with Crippen molar-refractivity contribution in [2.24, 2.45) is 5.73 Å². The van der Waals surface area contributed by atoms with Crippen molar-refractivity contribution in [2.45, 2.75) is 38.1 Å². The standard InChI is InChI=1S/C15H16N4O2S.ClH/c1-9-10(17-13(20-9)11-4-2-7-22-11)8-12-18-14(19-21-12)15(16)5-3-6-15;/h2,4,7H,3,5-6,8,16H2,1H3;1H. The average molecular weight is 353 g/mol. The van der Waals surface area contributed by atoms with Gasteiger partial charge in [0.05, 0.1) is 22.5 Å². The number of halogens is 1. The molecule has 1 aliphatic carbocycles. The number of hydrogen-bond acceptors (Lipinski definition) is 7. The van der Waals surface area contributed by atoms with E-state index in [1.54, 1.807) is 11.3 Å². The van der Waals surface area contributed by atoms with Crippen molar-refractivity contribution in [1.29, 1.82) is 0 Å². The van der Waals surface area contributed by atoms with E-state index in [-0.39, 0.29) is 12.4 Å². The maximum atomic E-state index is 6.21. The first-order valence-electron chi connectivity index (χ1n) is 7.26. The zero-order chi connectivity index (χ0) is 15.2. The normalized spacial score (nSPS) is 15.9. The minimum absolute atomic E-state index is 0. The molecule has 0 bridgehead atoms. The number of rotatable bonds is 4. The van der Waals surface area contributed by atoms with E-state index >= 15 is 0 Å². The van der Waals surface area contributed by atoms with E-state index in [4.69, 9.17) is 14.7 Å². The Labute approximate surface area is 143 Å². The quantitative estimate of drug-likeness (QED) is 0.773. The number of nitrogens with two attached hydrogens (primary N) is 1. The highest BCUT2D eigenvalue weighted by atomic mass is 35.5. The SMILES string of the molecule is Cc1oc(-c2cccs2)nc1Cc1nc(C2(N)CCC2)no1.Cl. The van der Waals surface area contributed by atoms with E-state index in [0.29, 0.717) is 24.0 Å². The molecule has 122 valence electrons. The summed E-state index contributed by atoms with van der Waals surface area (Å²) in [6.07, 6.45) is 3.41. The van der Waals surface area contributed by atoms with Crippen LogP contribution in [0.5, 0.6) is 0 Å². The largest absolute Gasteiger partial charge is 0.440 e. The molecule has 1 fully saturated rings. The molecule has 0 unspecified atom stereocenters. The van der Waals surface area contributed by atoms with Gasteiger partial charge in [0.25, 0.3) is 0 Å². The summed E-state index contributed by atoms with van der Waals surface area (Å²) in [6.45, 7) is 1.90. The number of nitrogens with zero attached hydrogens (tertiary/aromatic N) is 3. The first-order chi connectivity index (χ1) is 10.6. The Hall–Kier alpha value is -1.70. The molecule has 0 radical (unpaired) electrons. The molecule has 3 aromatic heterocycles. The van der Waals surface area contributed by atoms with Crippen molar-refractivity contribution >= 4 is 23.7 Å². The minimum atomic E-state index is -0.400. The van der Waals surface area contributed by atoms with Gasteiger partial charge in [0, 0.05) is 0 Å². The van der Waals surface area contributed by atoms with Crippen molar-refractivity contribution < 1.29 is 8.94 Å². The third kappa shape index (κ3) is 2.91. The summed E-state index contributed by atoms with van der Waals surface area (Å²) in [6, 6.07) is 3.96. The zero-order valence-electron chi connectivity index (χ0n) is 12.6. The molecule has 3 aromatic rings. The van der Waals surface area contributed by atoms with Gasteiger partial charge in [-0.1, -0.05) is 11.2 Å². The van der Waals surface area contributed by atoms with Crippen LogP contribution in [0.3, 0.4) is 0 Å². The van der Waals surface area contributed by atoms with E-state index in [2.05, 4.69) is 15.1 Å². The van der Waals surface area contributed by atoms with Gasteiger partial charge in [0.15, 0.2) is 5.82 Å². The molecule has 1 saturated carbocycles. The van der Waals surface area contributed by atoms with Crippen LogP contribution in [0, 0.1) is 6.92 Å². The Morgan fingerprint density at radius 2 is 2.17 bits per heavy atom. The topological polar surface area (TPSA) is 91.0 Å². The third-order valence-electron chi connectivity index (χ3n) is 4.10. The number of thiophene rings is 1. The molecule has 3 heterocycles. The minimum Gasteiger partial charge on any atom is -0.440 e. The van der Waals surface area contributed by atoms with Crippen molar-refractivity contribution in [3.05, 3.63) is 40.7 Å². The van der Waals surface area contributed by atoms with Crippen molar-refractivity contribution in [2.75, 3.05) is 0 Å². The molecule has 1 aliphatic rings. The van der Waals surface area contributed by atoms with Crippen LogP contribution in [0.1, 0.15) is 42.4 Å². The Kier molecular flexibility index (Phi) is 4.27. The Balaban J connectivity index is 0.00000156. The molecular formula is C15H17ClN4O2S. The fourth-order valence-electron chi connectivity index (χ4n) is 2.55. The van der Waals surface area contributed by atoms with Gasteiger partial charge in [-0.15, -0.1) is 23.7 Å². The Morgan fingerprint density at radius 3 is 2.83 bits per heavy atom. The van der Waals surface area contributed by atoms with Crippen LogP contribution >= 0.6 is 23.7 Å². The van der Waals surface area contributed by atoms with Crippen LogP contribution in [0.15, 0.2) is 26.5 Å². The third-order valence-corrected chi connectivity index (χ3v) is 4.96. The molecule has 0 aliphatic heterocycles. The van der Waals surface area contributed by atoms with Crippen LogP contribution in [-0.2, 0) is 12.0 Å². The zero-order valence-corrected chi connectivity index (χ0v) is 14.2. The van der Waals surface area contributed by atoms with E-state index < -0.39 is 5.54 Å². The lowest BCUT2D eigenvalue weighted by molar-refractivity contribution is 0.229. The summed E-state index contributed by atoms with van der Waals surface area (Å²) in [5, 5.41) is 6.02. The molecule has 4 rings (SSSR count). The van der Waals surface area contributed by atoms with E-state index in [1.807, 2.05) is 24.4 Å². The van der Waals surface area contributed by atoms with E-state index in [9.17, 15) is 0 Å². The number of aryl methyl sites for hydroxylation is 1. The molecule has 23 heavy (non-hydrogen) atoms. The molecule has 2 N–H and O–H groups in total. The summed E-state index contributed by atoms with van der Waals surface area (Å²) < 4.78 is 11.0. The highest BCUT2D eigenvalue weighted by Gasteiger charge is 2.39. The van der Waals surface area contributed by atoms with Gasteiger partial charge >= 0.3 is 0 Å². The average Bonchev–Trinajstić information content (AvgIpc) is 3.18. The molecule has 0 amide bonds.